The highest BCUT2D eigenvalue weighted by Crippen LogP contribution is 2.29. The molecule has 1 atom stereocenters. The molecule has 0 aliphatic heterocycles. The molecule has 3 heterocycles. The number of carboxylic acid groups (broad SMARTS) is 1. The smallest absolute Gasteiger partial charge is 0.335 e. The Morgan fingerprint density at radius 2 is 1.74 bits per heavy atom. The van der Waals surface area contributed by atoms with E-state index in [9.17, 15) is 18.7 Å². The maximum absolute atomic E-state index is 15.5. The molecule has 0 fully saturated rings. The zero-order valence-electron chi connectivity index (χ0n) is 25.0. The Kier molecular flexibility index (Phi) is 8.68. The van der Waals surface area contributed by atoms with E-state index in [-0.39, 0.29) is 76.4 Å². The van der Waals surface area contributed by atoms with E-state index in [2.05, 4.69) is 20.3 Å². The number of hydrogen-bond donors (Lipinski definition) is 1. The summed E-state index contributed by atoms with van der Waals surface area (Å²) in [6, 6.07) is 13.1. The van der Waals surface area contributed by atoms with Gasteiger partial charge in [0.25, 0.3) is 0 Å². The van der Waals surface area contributed by atoms with Crippen molar-refractivity contribution >= 4 is 17.0 Å². The Morgan fingerprint density at radius 3 is 2.47 bits per heavy atom. The molecule has 0 aliphatic carbocycles. The van der Waals surface area contributed by atoms with Gasteiger partial charge in [-0.1, -0.05) is 17.3 Å². The fourth-order valence-corrected chi connectivity index (χ4v) is 5.05. The molecule has 14 heteroatoms. The lowest BCUT2D eigenvalue weighted by molar-refractivity contribution is 0.0696. The average molecular weight is 647 g/mol. The van der Waals surface area contributed by atoms with Crippen molar-refractivity contribution in [1.82, 2.24) is 29.5 Å². The summed E-state index contributed by atoms with van der Waals surface area (Å²) >= 11 is 0. The monoisotopic (exact) mass is 646 g/mol. The van der Waals surface area contributed by atoms with Crippen molar-refractivity contribution in [3.05, 3.63) is 119 Å². The summed E-state index contributed by atoms with van der Waals surface area (Å²) in [7, 11) is 1.48. The van der Waals surface area contributed by atoms with Crippen LogP contribution in [-0.2, 0) is 24.3 Å². The minimum atomic E-state index is -1.32. The van der Waals surface area contributed by atoms with Gasteiger partial charge in [-0.3, -0.25) is 0 Å². The van der Waals surface area contributed by atoms with Crippen LogP contribution in [0.5, 0.6) is 5.88 Å². The third-order valence-electron chi connectivity index (χ3n) is 7.56. The van der Waals surface area contributed by atoms with Crippen LogP contribution in [0.25, 0.3) is 28.0 Å². The van der Waals surface area contributed by atoms with E-state index in [1.165, 1.54) is 52.9 Å². The second kappa shape index (κ2) is 13.0. The molecule has 3 aromatic heterocycles. The lowest BCUT2D eigenvalue weighted by Crippen LogP contribution is -2.17. The van der Waals surface area contributed by atoms with Crippen LogP contribution >= 0.6 is 0 Å². The lowest BCUT2D eigenvalue weighted by Gasteiger charge is -2.15. The van der Waals surface area contributed by atoms with Crippen molar-refractivity contribution in [3.63, 3.8) is 0 Å². The van der Waals surface area contributed by atoms with E-state index < -0.39 is 29.2 Å². The zero-order valence-corrected chi connectivity index (χ0v) is 25.0. The summed E-state index contributed by atoms with van der Waals surface area (Å²) in [6.07, 6.45) is 2.43. The number of benzene rings is 3. The lowest BCUT2D eigenvalue weighted by atomic mass is 10.0. The fraction of sp³-hybridized carbons (Fsp3) is 0.182. The minimum absolute atomic E-state index is 0.0647. The predicted octanol–water partition coefficient (Wildman–Crippen LogP) is 6.14. The van der Waals surface area contributed by atoms with E-state index in [4.69, 9.17) is 9.47 Å². The van der Waals surface area contributed by atoms with E-state index in [1.807, 2.05) is 0 Å². The number of ether oxygens (including phenoxy) is 2. The predicted molar refractivity (Wildman–Crippen MR) is 161 cm³/mol. The topological polar surface area (TPSA) is 117 Å². The van der Waals surface area contributed by atoms with Gasteiger partial charge in [0.05, 0.1) is 47.5 Å². The summed E-state index contributed by atoms with van der Waals surface area (Å²) < 4.78 is 74.6. The van der Waals surface area contributed by atoms with Gasteiger partial charge in [0.1, 0.15) is 35.4 Å². The van der Waals surface area contributed by atoms with Gasteiger partial charge in [0.15, 0.2) is 5.82 Å². The molecule has 0 aliphatic rings. The largest absolute Gasteiger partial charge is 0.478 e. The van der Waals surface area contributed by atoms with Crippen molar-refractivity contribution in [2.75, 3.05) is 7.11 Å². The molecule has 0 amide bonds. The van der Waals surface area contributed by atoms with E-state index in [0.29, 0.717) is 5.69 Å². The molecule has 47 heavy (non-hydrogen) atoms. The van der Waals surface area contributed by atoms with E-state index in [1.54, 1.807) is 25.3 Å². The van der Waals surface area contributed by atoms with Crippen LogP contribution in [-0.4, -0.2) is 53.8 Å². The Morgan fingerprint density at radius 1 is 0.936 bits per heavy atom. The quantitative estimate of drug-likeness (QED) is 0.167. The van der Waals surface area contributed by atoms with Gasteiger partial charge in [-0.05, 0) is 48.9 Å². The fourth-order valence-electron chi connectivity index (χ4n) is 5.05. The first kappa shape index (κ1) is 31.4. The normalized spacial score (nSPS) is 12.0. The molecule has 1 N–H and O–H groups in total. The van der Waals surface area contributed by atoms with Gasteiger partial charge in [-0.2, -0.15) is 0 Å². The first-order valence-corrected chi connectivity index (χ1v) is 14.3. The van der Waals surface area contributed by atoms with E-state index >= 15 is 8.78 Å². The molecule has 3 aromatic carbocycles. The van der Waals surface area contributed by atoms with Gasteiger partial charge >= 0.3 is 5.97 Å². The minimum Gasteiger partial charge on any atom is -0.478 e. The Bertz CT molecular complexity index is 2100. The Labute approximate surface area is 264 Å². The van der Waals surface area contributed by atoms with Crippen LogP contribution in [0, 0.1) is 23.3 Å². The van der Waals surface area contributed by atoms with Gasteiger partial charge in [0.2, 0.25) is 5.88 Å². The maximum atomic E-state index is 15.5. The molecular formula is C33H26F4N6O4. The number of pyridine rings is 1. The molecule has 0 bridgehead atoms. The Balaban J connectivity index is 1.25. The van der Waals surface area contributed by atoms with Crippen molar-refractivity contribution in [3.8, 4) is 22.8 Å². The number of carbonyl (C=O) groups is 1. The summed E-state index contributed by atoms with van der Waals surface area (Å²) in [5.41, 5.74) is 0.404. The number of aromatic nitrogens is 6. The molecular weight excluding hydrogens is 620 g/mol. The van der Waals surface area contributed by atoms with Gasteiger partial charge < -0.3 is 19.1 Å². The number of nitrogens with zero attached hydrogens (tertiary/aromatic N) is 6. The first-order chi connectivity index (χ1) is 22.6. The number of fused-ring (bicyclic) bond motifs is 1. The molecule has 6 aromatic rings. The molecule has 1 unspecified atom stereocenters. The second-order valence-electron chi connectivity index (χ2n) is 10.7. The van der Waals surface area contributed by atoms with Crippen LogP contribution < -0.4 is 4.74 Å². The van der Waals surface area contributed by atoms with Crippen molar-refractivity contribution in [2.45, 2.75) is 32.6 Å². The standard InChI is InChI=1S/C33H26F4N6O4/c1-18(46-2)16-42-29-12-21(33(44)45)11-27(37)32(29)40-30(42)13-20-10-26(36)23(15-25(20)35)28-4-3-5-31(39-28)47-17-19-6-7-22(14-24(19)34)43-9-8-38-41-43/h3-12,14-15,18H,13,16-17H2,1-2H3,(H,44,45). The van der Waals surface area contributed by atoms with Crippen LogP contribution in [0.2, 0.25) is 0 Å². The van der Waals surface area contributed by atoms with E-state index in [0.717, 1.165) is 18.2 Å². The highest BCUT2D eigenvalue weighted by atomic mass is 19.1. The summed E-state index contributed by atoms with van der Waals surface area (Å²) in [6.45, 7) is 1.73. The van der Waals surface area contributed by atoms with Crippen molar-refractivity contribution in [1.29, 1.82) is 0 Å². The number of rotatable bonds is 11. The molecule has 10 nitrogen and oxygen atoms in total. The first-order valence-electron chi connectivity index (χ1n) is 14.3. The second-order valence-corrected chi connectivity index (χ2v) is 10.7. The highest BCUT2D eigenvalue weighted by molar-refractivity contribution is 5.92. The average Bonchev–Trinajstić information content (AvgIpc) is 3.71. The molecule has 0 saturated carbocycles. The highest BCUT2D eigenvalue weighted by Gasteiger charge is 2.21. The van der Waals surface area contributed by atoms with Crippen molar-refractivity contribution < 1.29 is 36.9 Å². The third kappa shape index (κ3) is 6.53. The number of aromatic carboxylic acids is 1. The van der Waals surface area contributed by atoms with Gasteiger partial charge in [-0.25, -0.2) is 37.0 Å². The number of methoxy groups -OCH3 is 1. The van der Waals surface area contributed by atoms with Crippen LogP contribution in [0.4, 0.5) is 17.6 Å². The van der Waals surface area contributed by atoms with Crippen LogP contribution in [0.1, 0.15) is 34.2 Å². The SMILES string of the molecule is COC(C)Cn1c(Cc2cc(F)c(-c3cccc(OCc4ccc(-n5ccnn5)cc4F)n3)cc2F)nc2c(F)cc(C(=O)O)cc21. The number of halogens is 4. The molecule has 0 spiro atoms. The maximum Gasteiger partial charge on any atom is 0.335 e. The molecule has 6 rings (SSSR count). The van der Waals surface area contributed by atoms with Gasteiger partial charge in [0, 0.05) is 36.8 Å². The molecule has 0 radical (unpaired) electrons. The molecule has 240 valence electrons. The van der Waals surface area contributed by atoms with Crippen LogP contribution in [0.15, 0.2) is 73.1 Å². The third-order valence-corrected chi connectivity index (χ3v) is 7.56. The van der Waals surface area contributed by atoms with Crippen LogP contribution in [0.3, 0.4) is 0 Å². The summed E-state index contributed by atoms with van der Waals surface area (Å²) in [5, 5.41) is 16.9. The van der Waals surface area contributed by atoms with Gasteiger partial charge in [-0.15, -0.1) is 5.10 Å². The Hall–Kier alpha value is -5.63. The summed E-state index contributed by atoms with van der Waals surface area (Å²) in [5.74, 6) is -4.01. The van der Waals surface area contributed by atoms with Crippen molar-refractivity contribution in [2.24, 2.45) is 0 Å². The number of hydrogen-bond acceptors (Lipinski definition) is 7. The summed E-state index contributed by atoms with van der Waals surface area (Å²) in [4.78, 5) is 20.2. The zero-order chi connectivity index (χ0) is 33.2. The number of imidazole rings is 1. The molecule has 0 saturated heterocycles. The number of carboxylic acids is 1.